The number of nitrogens with two attached hydrogens (primary N) is 1. The van der Waals surface area contributed by atoms with Crippen molar-refractivity contribution >= 4 is 10.0 Å². The van der Waals surface area contributed by atoms with Crippen LogP contribution in [0.2, 0.25) is 0 Å². The molecule has 0 bridgehead atoms. The van der Waals surface area contributed by atoms with E-state index in [1.807, 2.05) is 0 Å². The first-order valence-corrected chi connectivity index (χ1v) is 8.69. The van der Waals surface area contributed by atoms with Crippen molar-refractivity contribution in [2.24, 2.45) is 11.7 Å². The van der Waals surface area contributed by atoms with E-state index in [0.717, 1.165) is 19.3 Å². The Morgan fingerprint density at radius 2 is 1.95 bits per heavy atom. The first-order valence-electron chi connectivity index (χ1n) is 7.21. The summed E-state index contributed by atoms with van der Waals surface area (Å²) < 4.78 is 38.1. The maximum Gasteiger partial charge on any atom is 0.240 e. The molecule has 0 aromatic heterocycles. The summed E-state index contributed by atoms with van der Waals surface area (Å²) in [5.41, 5.74) is 5.97. The van der Waals surface area contributed by atoms with E-state index in [1.165, 1.54) is 12.1 Å². The summed E-state index contributed by atoms with van der Waals surface area (Å²) >= 11 is 0. The Morgan fingerprint density at radius 3 is 2.67 bits per heavy atom. The lowest BCUT2D eigenvalue weighted by molar-refractivity contribution is 0.171. The van der Waals surface area contributed by atoms with Gasteiger partial charge in [-0.05, 0) is 30.9 Å². The third kappa shape index (κ3) is 3.14. The molecule has 2 unspecified atom stereocenters. The second-order valence-electron chi connectivity index (χ2n) is 5.51. The summed E-state index contributed by atoms with van der Waals surface area (Å²) in [7, 11) is -3.55. The molecule has 0 amide bonds. The SMILES string of the molecule is NC1CCCC1CNS(=O)(=O)c1ccc2c(c1)OCCO2. The average Bonchev–Trinajstić information content (AvgIpc) is 2.90. The van der Waals surface area contributed by atoms with Gasteiger partial charge in [0.2, 0.25) is 10.0 Å². The Bertz CT molecular complexity index is 617. The minimum atomic E-state index is -3.55. The molecule has 0 saturated heterocycles. The van der Waals surface area contributed by atoms with E-state index < -0.39 is 10.0 Å². The van der Waals surface area contributed by atoms with Crippen molar-refractivity contribution in [3.63, 3.8) is 0 Å². The molecule has 1 aliphatic carbocycles. The van der Waals surface area contributed by atoms with Gasteiger partial charge in [0.25, 0.3) is 0 Å². The highest BCUT2D eigenvalue weighted by Gasteiger charge is 2.26. The van der Waals surface area contributed by atoms with Crippen molar-refractivity contribution < 1.29 is 17.9 Å². The van der Waals surface area contributed by atoms with E-state index in [0.29, 0.717) is 31.3 Å². The number of fused-ring (bicyclic) bond motifs is 1. The number of nitrogens with one attached hydrogen (secondary N) is 1. The molecule has 21 heavy (non-hydrogen) atoms. The number of sulfonamides is 1. The zero-order valence-electron chi connectivity index (χ0n) is 11.7. The summed E-state index contributed by atoms with van der Waals surface area (Å²) in [6.45, 7) is 1.30. The fourth-order valence-electron chi connectivity index (χ4n) is 2.81. The molecule has 1 heterocycles. The lowest BCUT2D eigenvalue weighted by Gasteiger charge is -2.19. The zero-order valence-corrected chi connectivity index (χ0v) is 12.6. The number of hydrogen-bond donors (Lipinski definition) is 2. The van der Waals surface area contributed by atoms with Crippen LogP contribution in [0.3, 0.4) is 0 Å². The molecule has 0 radical (unpaired) electrons. The van der Waals surface area contributed by atoms with Gasteiger partial charge in [-0.2, -0.15) is 0 Å². The summed E-state index contributed by atoms with van der Waals surface area (Å²) in [5.74, 6) is 1.27. The summed E-state index contributed by atoms with van der Waals surface area (Å²) in [6, 6.07) is 4.76. The van der Waals surface area contributed by atoms with Crippen LogP contribution in [0.4, 0.5) is 0 Å². The molecular formula is C14H20N2O4S. The lowest BCUT2D eigenvalue weighted by atomic mass is 10.1. The van der Waals surface area contributed by atoms with Crippen LogP contribution in [0.15, 0.2) is 23.1 Å². The summed E-state index contributed by atoms with van der Waals surface area (Å²) in [5, 5.41) is 0. The van der Waals surface area contributed by atoms with E-state index in [2.05, 4.69) is 4.72 Å². The minimum Gasteiger partial charge on any atom is -0.486 e. The molecule has 3 N–H and O–H groups in total. The second kappa shape index (κ2) is 5.82. The van der Waals surface area contributed by atoms with Gasteiger partial charge in [-0.1, -0.05) is 6.42 Å². The maximum absolute atomic E-state index is 12.3. The average molecular weight is 312 g/mol. The van der Waals surface area contributed by atoms with Crippen LogP contribution in [0.25, 0.3) is 0 Å². The molecule has 116 valence electrons. The second-order valence-corrected chi connectivity index (χ2v) is 7.28. The van der Waals surface area contributed by atoms with Crippen LogP contribution in [0.1, 0.15) is 19.3 Å². The highest BCUT2D eigenvalue weighted by Crippen LogP contribution is 2.32. The van der Waals surface area contributed by atoms with Crippen LogP contribution in [-0.2, 0) is 10.0 Å². The molecule has 1 aromatic rings. The van der Waals surface area contributed by atoms with Crippen LogP contribution < -0.4 is 19.9 Å². The first kappa shape index (κ1) is 14.6. The van der Waals surface area contributed by atoms with E-state index in [1.54, 1.807) is 6.07 Å². The van der Waals surface area contributed by atoms with Crippen molar-refractivity contribution in [1.29, 1.82) is 0 Å². The molecule has 2 atom stereocenters. The Hall–Kier alpha value is -1.31. The number of rotatable bonds is 4. The van der Waals surface area contributed by atoms with Gasteiger partial charge < -0.3 is 15.2 Å². The number of ether oxygens (including phenoxy) is 2. The summed E-state index contributed by atoms with van der Waals surface area (Å²) in [4.78, 5) is 0.193. The van der Waals surface area contributed by atoms with Crippen LogP contribution in [-0.4, -0.2) is 34.2 Å². The van der Waals surface area contributed by atoms with Gasteiger partial charge >= 0.3 is 0 Å². The zero-order chi connectivity index (χ0) is 14.9. The van der Waals surface area contributed by atoms with Gasteiger partial charge in [0.05, 0.1) is 4.90 Å². The molecule has 3 rings (SSSR count). The molecule has 1 aliphatic heterocycles. The Morgan fingerprint density at radius 1 is 1.19 bits per heavy atom. The topological polar surface area (TPSA) is 90.7 Å². The van der Waals surface area contributed by atoms with E-state index in [9.17, 15) is 8.42 Å². The lowest BCUT2D eigenvalue weighted by Crippen LogP contribution is -2.36. The van der Waals surface area contributed by atoms with Gasteiger partial charge in [-0.15, -0.1) is 0 Å². The highest BCUT2D eigenvalue weighted by atomic mass is 32.2. The fourth-order valence-corrected chi connectivity index (χ4v) is 3.92. The molecule has 0 spiro atoms. The smallest absolute Gasteiger partial charge is 0.240 e. The Labute approximate surface area is 124 Å². The minimum absolute atomic E-state index is 0.0907. The quantitative estimate of drug-likeness (QED) is 0.860. The third-order valence-electron chi connectivity index (χ3n) is 4.08. The molecular weight excluding hydrogens is 292 g/mol. The normalized spacial score (nSPS) is 25.0. The van der Waals surface area contributed by atoms with Gasteiger partial charge in [-0.25, -0.2) is 13.1 Å². The standard InChI is InChI=1S/C14H20N2O4S/c15-12-3-1-2-10(12)9-16-21(17,18)11-4-5-13-14(8-11)20-7-6-19-13/h4-5,8,10,12,16H,1-3,6-7,9,15H2. The maximum atomic E-state index is 12.3. The summed E-state index contributed by atoms with van der Waals surface area (Å²) in [6.07, 6.45) is 3.01. The van der Waals surface area contributed by atoms with E-state index in [4.69, 9.17) is 15.2 Å². The van der Waals surface area contributed by atoms with E-state index in [-0.39, 0.29) is 16.9 Å². The monoisotopic (exact) mass is 312 g/mol. The Balaban J connectivity index is 1.72. The van der Waals surface area contributed by atoms with Gasteiger partial charge in [0.15, 0.2) is 11.5 Å². The number of benzene rings is 1. The van der Waals surface area contributed by atoms with Crippen molar-refractivity contribution in [3.8, 4) is 11.5 Å². The van der Waals surface area contributed by atoms with Crippen molar-refractivity contribution in [3.05, 3.63) is 18.2 Å². The van der Waals surface area contributed by atoms with Crippen LogP contribution >= 0.6 is 0 Å². The molecule has 6 nitrogen and oxygen atoms in total. The van der Waals surface area contributed by atoms with Crippen molar-refractivity contribution in [2.45, 2.75) is 30.2 Å². The van der Waals surface area contributed by atoms with Crippen molar-refractivity contribution in [1.82, 2.24) is 4.72 Å². The number of hydrogen-bond acceptors (Lipinski definition) is 5. The predicted molar refractivity (Wildman–Crippen MR) is 77.9 cm³/mol. The van der Waals surface area contributed by atoms with Crippen LogP contribution in [0.5, 0.6) is 11.5 Å². The van der Waals surface area contributed by atoms with Crippen LogP contribution in [0, 0.1) is 5.92 Å². The predicted octanol–water partition coefficient (Wildman–Crippen LogP) is 0.863. The van der Waals surface area contributed by atoms with Gasteiger partial charge in [0.1, 0.15) is 13.2 Å². The first-order chi connectivity index (χ1) is 10.1. The molecule has 2 aliphatic rings. The molecule has 1 fully saturated rings. The molecule has 1 saturated carbocycles. The largest absolute Gasteiger partial charge is 0.486 e. The van der Waals surface area contributed by atoms with Gasteiger partial charge in [-0.3, -0.25) is 0 Å². The molecule has 7 heteroatoms. The Kier molecular flexibility index (Phi) is 4.05. The van der Waals surface area contributed by atoms with E-state index >= 15 is 0 Å². The fraction of sp³-hybridized carbons (Fsp3) is 0.571. The van der Waals surface area contributed by atoms with Crippen molar-refractivity contribution in [2.75, 3.05) is 19.8 Å². The van der Waals surface area contributed by atoms with Gasteiger partial charge in [0, 0.05) is 18.7 Å². The highest BCUT2D eigenvalue weighted by molar-refractivity contribution is 7.89. The molecule has 1 aromatic carbocycles. The third-order valence-corrected chi connectivity index (χ3v) is 5.50.